The van der Waals surface area contributed by atoms with Crippen LogP contribution < -0.4 is 4.74 Å². The fraction of sp³-hybridized carbons (Fsp3) is 0.627. The van der Waals surface area contributed by atoms with Gasteiger partial charge in [-0.25, -0.2) is 0 Å². The summed E-state index contributed by atoms with van der Waals surface area (Å²) in [7, 11) is 0. The number of carbonyl (C=O) groups excluding carboxylic acids is 5. The zero-order chi connectivity index (χ0) is 63.2. The van der Waals surface area contributed by atoms with Gasteiger partial charge in [0.05, 0.1) is 38.3 Å². The Bertz CT molecular complexity index is 2730. The fourth-order valence-electron chi connectivity index (χ4n) is 11.0. The highest BCUT2D eigenvalue weighted by atomic mass is 19.4. The molecular weight excluding hydrogens is 1110 g/mol. The van der Waals surface area contributed by atoms with Crippen molar-refractivity contribution in [2.45, 2.75) is 163 Å². The van der Waals surface area contributed by atoms with Crippen molar-refractivity contribution in [1.29, 1.82) is 0 Å². The van der Waals surface area contributed by atoms with E-state index >= 15 is 13.2 Å². The monoisotopic (exact) mass is 1200 g/mol. The van der Waals surface area contributed by atoms with Gasteiger partial charge in [-0.2, -0.15) is 13.2 Å². The van der Waals surface area contributed by atoms with Crippen molar-refractivity contribution < 1.29 is 60.8 Å². The second-order valence-corrected chi connectivity index (χ2v) is 27.3. The normalized spacial score (nSPS) is 18.7. The van der Waals surface area contributed by atoms with Crippen LogP contribution in [0.3, 0.4) is 0 Å². The molecule has 86 heavy (non-hydrogen) atoms. The number of hydrogen-bond donors (Lipinski definition) is 0. The number of nitrogens with zero attached hydrogens (tertiary/aromatic N) is 6. The van der Waals surface area contributed by atoms with Crippen LogP contribution in [0.2, 0.25) is 0 Å². The third-order valence-electron chi connectivity index (χ3n) is 15.2. The van der Waals surface area contributed by atoms with E-state index in [0.717, 1.165) is 35.1 Å². The molecule has 1 amide bonds. The summed E-state index contributed by atoms with van der Waals surface area (Å²) in [5.74, 6) is -1.38. The minimum absolute atomic E-state index is 0.000138. The highest BCUT2D eigenvalue weighted by molar-refractivity contribution is 5.80. The van der Waals surface area contributed by atoms with Crippen LogP contribution in [0.15, 0.2) is 60.7 Å². The summed E-state index contributed by atoms with van der Waals surface area (Å²) in [6.45, 7) is 28.7. The molecule has 0 aliphatic carbocycles. The van der Waals surface area contributed by atoms with Crippen molar-refractivity contribution in [2.24, 2.45) is 5.92 Å². The second kappa shape index (κ2) is 30.4. The molecule has 3 aromatic rings. The quantitative estimate of drug-likeness (QED) is 0.0716. The molecule has 19 heteroatoms. The van der Waals surface area contributed by atoms with Crippen LogP contribution in [0.25, 0.3) is 23.3 Å². The maximum atomic E-state index is 15.3. The SMILES string of the molecule is Cc1c(/C=C/c2cc(OCC3CCN(C(=O)CN4CCN(CC(=O)OC(C)(C)C)CCN(CC(=O)OC(C)(C)C)CCN(CC(=O)OC(C)(C)C)CC4)CC3)c(CN3CCCC[C@H]3C(=O)OC(C)(C)C)cc2C(F)(F)F)cccc1-c1ccccc1. The average Bonchev–Trinajstić information content (AvgIpc) is 1.58. The first-order chi connectivity index (χ1) is 40.2. The molecule has 0 aromatic heterocycles. The molecule has 1 atom stereocenters. The summed E-state index contributed by atoms with van der Waals surface area (Å²) >= 11 is 0. The van der Waals surface area contributed by atoms with Crippen LogP contribution in [0.4, 0.5) is 13.2 Å². The van der Waals surface area contributed by atoms with Gasteiger partial charge in [0.25, 0.3) is 0 Å². The van der Waals surface area contributed by atoms with Crippen LogP contribution in [-0.2, 0) is 55.6 Å². The first-order valence-electron chi connectivity index (χ1n) is 30.7. The predicted octanol–water partition coefficient (Wildman–Crippen LogP) is 10.4. The van der Waals surface area contributed by atoms with Gasteiger partial charge >= 0.3 is 30.1 Å². The molecule has 3 saturated heterocycles. The summed E-state index contributed by atoms with van der Waals surface area (Å²) in [6, 6.07) is 17.6. The Morgan fingerprint density at radius 1 is 0.535 bits per heavy atom. The molecule has 0 saturated carbocycles. The number of halogens is 3. The number of benzene rings is 3. The van der Waals surface area contributed by atoms with Gasteiger partial charge in [-0.3, -0.25) is 48.5 Å². The van der Waals surface area contributed by atoms with E-state index in [4.69, 9.17) is 23.7 Å². The Labute approximate surface area is 509 Å². The highest BCUT2D eigenvalue weighted by Gasteiger charge is 2.37. The molecule has 0 bridgehead atoms. The highest BCUT2D eigenvalue weighted by Crippen LogP contribution is 2.39. The minimum atomic E-state index is -4.71. The Morgan fingerprint density at radius 3 is 1.49 bits per heavy atom. The van der Waals surface area contributed by atoms with Crippen molar-refractivity contribution in [1.82, 2.24) is 29.4 Å². The van der Waals surface area contributed by atoms with Crippen LogP contribution in [0, 0.1) is 12.8 Å². The lowest BCUT2D eigenvalue weighted by atomic mass is 9.95. The summed E-state index contributed by atoms with van der Waals surface area (Å²) in [4.78, 5) is 79.5. The second-order valence-electron chi connectivity index (χ2n) is 27.3. The number of esters is 4. The Balaban J connectivity index is 1.21. The van der Waals surface area contributed by atoms with Gasteiger partial charge in [0, 0.05) is 77.6 Å². The molecule has 0 spiro atoms. The minimum Gasteiger partial charge on any atom is -0.493 e. The molecule has 3 aliphatic rings. The average molecular weight is 1200 g/mol. The molecule has 3 aliphatic heterocycles. The number of amides is 1. The van der Waals surface area contributed by atoms with Gasteiger partial charge in [-0.15, -0.1) is 0 Å². The molecule has 3 aromatic carbocycles. The molecule has 3 heterocycles. The Morgan fingerprint density at radius 2 is 1.01 bits per heavy atom. The van der Waals surface area contributed by atoms with E-state index < -0.39 is 58.1 Å². The summed E-state index contributed by atoms with van der Waals surface area (Å²) in [5, 5.41) is 0. The third kappa shape index (κ3) is 23.3. The predicted molar refractivity (Wildman–Crippen MR) is 329 cm³/mol. The maximum Gasteiger partial charge on any atom is 0.417 e. The molecule has 16 nitrogen and oxygen atoms in total. The van der Waals surface area contributed by atoms with E-state index in [1.165, 1.54) is 18.2 Å². The first-order valence-corrected chi connectivity index (χ1v) is 30.7. The largest absolute Gasteiger partial charge is 0.493 e. The zero-order valence-electron chi connectivity index (χ0n) is 53.5. The Hall–Kier alpha value is -5.86. The van der Waals surface area contributed by atoms with Crippen molar-refractivity contribution in [3.05, 3.63) is 88.5 Å². The molecule has 0 unspecified atom stereocenters. The number of alkyl halides is 3. The number of rotatable bonds is 17. The van der Waals surface area contributed by atoms with Crippen molar-refractivity contribution >= 4 is 41.9 Å². The van der Waals surface area contributed by atoms with Gasteiger partial charge in [-0.1, -0.05) is 67.1 Å². The number of piperidine rings is 2. The van der Waals surface area contributed by atoms with Gasteiger partial charge in [0.1, 0.15) is 34.2 Å². The Kier molecular flexibility index (Phi) is 24.5. The third-order valence-corrected chi connectivity index (χ3v) is 15.2. The molecule has 6 rings (SSSR count). The van der Waals surface area contributed by atoms with Crippen LogP contribution in [0.5, 0.6) is 5.75 Å². The number of hydrogen-bond acceptors (Lipinski definition) is 15. The van der Waals surface area contributed by atoms with Crippen LogP contribution >= 0.6 is 0 Å². The summed E-state index contributed by atoms with van der Waals surface area (Å²) in [5.41, 5.74) is 0.299. The van der Waals surface area contributed by atoms with Gasteiger partial charge in [0.2, 0.25) is 5.91 Å². The van der Waals surface area contributed by atoms with Crippen molar-refractivity contribution in [2.75, 3.05) is 105 Å². The van der Waals surface area contributed by atoms with Crippen LogP contribution in [0.1, 0.15) is 143 Å². The summed E-state index contributed by atoms with van der Waals surface area (Å²) < 4.78 is 75.6. The standard InChI is InChI=1S/C67H97F3N6O10/c1-48-50(22-19-23-54(48)51-20-15-14-16-21-51)25-26-52-41-57(53(40-55(52)67(68,69)70)42-76-29-18-17-24-56(76)62(81)86-66(11,12)13)82-47-49-27-30-75(31-28-49)58(77)43-71-32-34-72(44-59(78)83-63(2,3)4)36-38-74(46-61(80)85-65(8,9)10)39-37-73(35-33-71)45-60(79)84-64(5,6)7/h14-16,19-23,25-26,40-41,49,56H,17-18,24,27-39,42-47H2,1-13H3/b26-25+/t56-/m0/s1. The van der Waals surface area contributed by atoms with Gasteiger partial charge in [0.15, 0.2) is 0 Å². The lowest BCUT2D eigenvalue weighted by Gasteiger charge is -2.36. The van der Waals surface area contributed by atoms with Crippen LogP contribution in [-0.4, -0.2) is 192 Å². The van der Waals surface area contributed by atoms with Gasteiger partial charge < -0.3 is 28.6 Å². The fourth-order valence-corrected chi connectivity index (χ4v) is 11.0. The van der Waals surface area contributed by atoms with Gasteiger partial charge in [-0.05, 0) is 168 Å². The van der Waals surface area contributed by atoms with E-state index in [1.54, 1.807) is 26.8 Å². The lowest BCUT2D eigenvalue weighted by molar-refractivity contribution is -0.163. The maximum absolute atomic E-state index is 15.3. The topological polar surface area (TPSA) is 151 Å². The number of likely N-dealkylation sites (tertiary alicyclic amines) is 2. The smallest absolute Gasteiger partial charge is 0.417 e. The molecule has 476 valence electrons. The van der Waals surface area contributed by atoms with E-state index in [1.807, 2.05) is 142 Å². The summed E-state index contributed by atoms with van der Waals surface area (Å²) in [6.07, 6.45) is 1.76. The molecule has 3 fully saturated rings. The zero-order valence-corrected chi connectivity index (χ0v) is 53.5. The number of ether oxygens (including phenoxy) is 5. The number of carbonyl (C=O) groups is 5. The van der Waals surface area contributed by atoms with Crippen molar-refractivity contribution in [3.63, 3.8) is 0 Å². The van der Waals surface area contributed by atoms with E-state index in [9.17, 15) is 24.0 Å². The molecule has 0 radical (unpaired) electrons. The molecule has 0 N–H and O–H groups in total. The first kappa shape index (κ1) is 69.2. The van der Waals surface area contributed by atoms with E-state index in [2.05, 4.69) is 4.90 Å². The van der Waals surface area contributed by atoms with Crippen molar-refractivity contribution in [3.8, 4) is 16.9 Å². The molecular formula is C67H97F3N6O10. The van der Waals surface area contributed by atoms with E-state index in [-0.39, 0.29) is 62.7 Å². The van der Waals surface area contributed by atoms with E-state index in [0.29, 0.717) is 103 Å². The lowest BCUT2D eigenvalue weighted by Crippen LogP contribution is -2.51.